The normalized spacial score (nSPS) is 10.8. The Morgan fingerprint density at radius 3 is 2.69 bits per heavy atom. The molecule has 1 aromatic rings. The zero-order valence-corrected chi connectivity index (χ0v) is 10.5. The molecule has 0 heterocycles. The van der Waals surface area contributed by atoms with Gasteiger partial charge >= 0.3 is 0 Å². The monoisotopic (exact) mass is 294 g/mol. The van der Waals surface area contributed by atoms with Crippen LogP contribution in [0.2, 0.25) is 0 Å². The predicted molar refractivity (Wildman–Crippen MR) is 60.2 cm³/mol. The van der Waals surface area contributed by atoms with Crippen molar-refractivity contribution in [2.75, 3.05) is 20.3 Å². The summed E-state index contributed by atoms with van der Waals surface area (Å²) >= 11 is 3.00. The average Bonchev–Trinajstić information content (AvgIpc) is 2.28. The van der Waals surface area contributed by atoms with Gasteiger partial charge in [0.1, 0.15) is 11.6 Å². The summed E-state index contributed by atoms with van der Waals surface area (Å²) in [7, 11) is 1.59. The second kappa shape index (κ2) is 6.93. The number of halogens is 3. The van der Waals surface area contributed by atoms with Gasteiger partial charge in [0.05, 0.1) is 16.6 Å². The van der Waals surface area contributed by atoms with Gasteiger partial charge in [-0.2, -0.15) is 0 Å². The van der Waals surface area contributed by atoms with E-state index in [0.29, 0.717) is 19.6 Å². The number of benzene rings is 1. The smallest absolute Gasteiger partial charge is 0.145 e. The second-order valence-corrected chi connectivity index (χ2v) is 4.08. The molecule has 0 aliphatic carbocycles. The van der Waals surface area contributed by atoms with E-state index >= 15 is 0 Å². The highest BCUT2D eigenvalue weighted by atomic mass is 79.9. The van der Waals surface area contributed by atoms with Gasteiger partial charge in [-0.1, -0.05) is 0 Å². The van der Waals surface area contributed by atoms with Crippen LogP contribution < -0.4 is 0 Å². The highest BCUT2D eigenvalue weighted by Crippen LogP contribution is 2.22. The largest absolute Gasteiger partial charge is 0.385 e. The predicted octanol–water partition coefficient (Wildman–Crippen LogP) is 3.28. The minimum atomic E-state index is -0.605. The van der Waals surface area contributed by atoms with E-state index in [4.69, 9.17) is 9.47 Å². The van der Waals surface area contributed by atoms with Gasteiger partial charge in [0.15, 0.2) is 0 Å². The van der Waals surface area contributed by atoms with Crippen molar-refractivity contribution in [3.63, 3.8) is 0 Å². The first-order chi connectivity index (χ1) is 7.66. The number of ether oxygens (including phenoxy) is 2. The summed E-state index contributed by atoms with van der Waals surface area (Å²) in [6.45, 7) is 0.920. The molecule has 16 heavy (non-hydrogen) atoms. The number of rotatable bonds is 6. The van der Waals surface area contributed by atoms with E-state index in [1.54, 1.807) is 7.11 Å². The summed E-state index contributed by atoms with van der Waals surface area (Å²) in [5.74, 6) is -1.20. The second-order valence-electron chi connectivity index (χ2n) is 3.22. The molecule has 0 radical (unpaired) electrons. The highest BCUT2D eigenvalue weighted by Gasteiger charge is 2.11. The van der Waals surface area contributed by atoms with Crippen molar-refractivity contribution in [3.05, 3.63) is 33.8 Å². The summed E-state index contributed by atoms with van der Waals surface area (Å²) in [5.41, 5.74) is -0.0493. The zero-order chi connectivity index (χ0) is 12.0. The van der Waals surface area contributed by atoms with Crippen LogP contribution in [-0.4, -0.2) is 20.3 Å². The van der Waals surface area contributed by atoms with E-state index in [1.165, 1.54) is 12.1 Å². The van der Waals surface area contributed by atoms with Crippen molar-refractivity contribution in [2.24, 2.45) is 0 Å². The van der Waals surface area contributed by atoms with Gasteiger partial charge in [-0.25, -0.2) is 8.78 Å². The lowest BCUT2D eigenvalue weighted by Crippen LogP contribution is -2.03. The quantitative estimate of drug-likeness (QED) is 0.592. The van der Waals surface area contributed by atoms with E-state index in [2.05, 4.69) is 15.9 Å². The van der Waals surface area contributed by atoms with Crippen LogP contribution in [0, 0.1) is 11.6 Å². The Kier molecular flexibility index (Phi) is 5.87. The fourth-order valence-corrected chi connectivity index (χ4v) is 1.55. The maximum atomic E-state index is 13.4. The summed E-state index contributed by atoms with van der Waals surface area (Å²) in [4.78, 5) is 0. The summed E-state index contributed by atoms with van der Waals surface area (Å²) in [6, 6.07) is 2.54. The first kappa shape index (κ1) is 13.5. The number of hydrogen-bond donors (Lipinski definition) is 0. The van der Waals surface area contributed by atoms with Crippen molar-refractivity contribution in [2.45, 2.75) is 13.0 Å². The first-order valence-corrected chi connectivity index (χ1v) is 5.65. The van der Waals surface area contributed by atoms with Gasteiger partial charge in [0.2, 0.25) is 0 Å². The van der Waals surface area contributed by atoms with Crippen LogP contribution in [0.4, 0.5) is 8.78 Å². The average molecular weight is 295 g/mol. The van der Waals surface area contributed by atoms with Crippen molar-refractivity contribution in [1.29, 1.82) is 0 Å². The van der Waals surface area contributed by atoms with Crippen molar-refractivity contribution < 1.29 is 18.3 Å². The summed E-state index contributed by atoms with van der Waals surface area (Å²) in [5, 5.41) is 0. The molecule has 0 atom stereocenters. The third-order valence-electron chi connectivity index (χ3n) is 2.02. The molecule has 5 heteroatoms. The Hall–Kier alpha value is -0.520. The standard InChI is InChI=1S/C11H13BrF2O2/c1-15-5-2-6-16-7-8-10(13)4-3-9(12)11(8)14/h3-4H,2,5-7H2,1H3. The lowest BCUT2D eigenvalue weighted by molar-refractivity contribution is 0.0894. The van der Waals surface area contributed by atoms with Crippen molar-refractivity contribution >= 4 is 15.9 Å². The molecule has 0 bridgehead atoms. The topological polar surface area (TPSA) is 18.5 Å². The van der Waals surface area contributed by atoms with Crippen molar-refractivity contribution in [1.82, 2.24) is 0 Å². The third-order valence-corrected chi connectivity index (χ3v) is 2.63. The van der Waals surface area contributed by atoms with Crippen LogP contribution in [-0.2, 0) is 16.1 Å². The Balaban J connectivity index is 2.50. The van der Waals surface area contributed by atoms with Crippen LogP contribution in [0.25, 0.3) is 0 Å². The minimum Gasteiger partial charge on any atom is -0.385 e. The Labute approximate surface area is 102 Å². The Bertz CT molecular complexity index is 345. The Morgan fingerprint density at radius 2 is 2.00 bits per heavy atom. The van der Waals surface area contributed by atoms with E-state index < -0.39 is 11.6 Å². The molecule has 0 aliphatic heterocycles. The minimum absolute atomic E-state index is 0.0493. The molecule has 0 aromatic heterocycles. The summed E-state index contributed by atoms with van der Waals surface area (Å²) in [6.07, 6.45) is 0.702. The highest BCUT2D eigenvalue weighted by molar-refractivity contribution is 9.10. The van der Waals surface area contributed by atoms with E-state index in [-0.39, 0.29) is 16.6 Å². The molecular weight excluding hydrogens is 282 g/mol. The molecule has 90 valence electrons. The molecule has 2 nitrogen and oxygen atoms in total. The van der Waals surface area contributed by atoms with Gasteiger partial charge in [0.25, 0.3) is 0 Å². The van der Waals surface area contributed by atoms with Crippen LogP contribution in [0.5, 0.6) is 0 Å². The third kappa shape index (κ3) is 3.81. The molecule has 1 aromatic carbocycles. The van der Waals surface area contributed by atoms with Gasteiger partial charge in [0, 0.05) is 20.3 Å². The Morgan fingerprint density at radius 1 is 1.25 bits per heavy atom. The van der Waals surface area contributed by atoms with E-state index in [1.807, 2.05) is 0 Å². The SMILES string of the molecule is COCCCOCc1c(F)ccc(Br)c1F. The molecule has 0 spiro atoms. The molecule has 0 amide bonds. The first-order valence-electron chi connectivity index (χ1n) is 4.86. The fourth-order valence-electron chi connectivity index (χ4n) is 1.18. The maximum Gasteiger partial charge on any atom is 0.145 e. The van der Waals surface area contributed by atoms with Gasteiger partial charge in [-0.3, -0.25) is 0 Å². The molecule has 0 fully saturated rings. The van der Waals surface area contributed by atoms with Gasteiger partial charge in [-0.05, 0) is 34.5 Å². The van der Waals surface area contributed by atoms with Crippen LogP contribution in [0.1, 0.15) is 12.0 Å². The molecule has 0 N–H and O–H groups in total. The lowest BCUT2D eigenvalue weighted by atomic mass is 10.2. The van der Waals surface area contributed by atoms with Gasteiger partial charge in [-0.15, -0.1) is 0 Å². The lowest BCUT2D eigenvalue weighted by Gasteiger charge is -2.07. The molecule has 0 aliphatic rings. The van der Waals surface area contributed by atoms with Crippen LogP contribution >= 0.6 is 15.9 Å². The number of hydrogen-bond acceptors (Lipinski definition) is 2. The molecule has 1 rings (SSSR count). The molecular formula is C11H13BrF2O2. The zero-order valence-electron chi connectivity index (χ0n) is 8.93. The van der Waals surface area contributed by atoms with Crippen LogP contribution in [0.3, 0.4) is 0 Å². The molecule has 0 saturated heterocycles. The fraction of sp³-hybridized carbons (Fsp3) is 0.455. The number of methoxy groups -OCH3 is 1. The summed E-state index contributed by atoms with van der Waals surface area (Å²) < 4.78 is 36.9. The maximum absolute atomic E-state index is 13.4. The van der Waals surface area contributed by atoms with E-state index in [9.17, 15) is 8.78 Å². The van der Waals surface area contributed by atoms with Gasteiger partial charge < -0.3 is 9.47 Å². The van der Waals surface area contributed by atoms with E-state index in [0.717, 1.165) is 0 Å². The molecule has 0 unspecified atom stereocenters. The van der Waals surface area contributed by atoms with Crippen LogP contribution in [0.15, 0.2) is 16.6 Å². The molecule has 0 saturated carbocycles. The van der Waals surface area contributed by atoms with Crippen molar-refractivity contribution in [3.8, 4) is 0 Å².